The highest BCUT2D eigenvalue weighted by Crippen LogP contribution is 2.36. The summed E-state index contributed by atoms with van der Waals surface area (Å²) in [5, 5.41) is 7.65. The van der Waals surface area contributed by atoms with Crippen LogP contribution in [0.1, 0.15) is 20.8 Å². The number of carbonyl (C=O) groups excluding carboxylic acids is 1. The Kier molecular flexibility index (Phi) is 9.75. The molecule has 1 atom stereocenters. The second kappa shape index (κ2) is 13.7. The first-order valence-corrected chi connectivity index (χ1v) is 16.6. The molecule has 0 saturated heterocycles. The quantitative estimate of drug-likeness (QED) is 0.108. The van der Waals surface area contributed by atoms with Crippen LogP contribution >= 0.6 is 11.6 Å². The predicted octanol–water partition coefficient (Wildman–Crippen LogP) is 4.98. The molecule has 2 heterocycles. The largest absolute Gasteiger partial charge is 0.466 e. The third-order valence-corrected chi connectivity index (χ3v) is 12.7. The molecular formula is C33H35ClN4O5Si. The van der Waals surface area contributed by atoms with E-state index in [0.29, 0.717) is 28.4 Å². The second-order valence-electron chi connectivity index (χ2n) is 11.1. The van der Waals surface area contributed by atoms with E-state index in [1.807, 2.05) is 54.6 Å². The summed E-state index contributed by atoms with van der Waals surface area (Å²) in [6, 6.07) is 28.1. The molecule has 0 N–H and O–H groups in total. The van der Waals surface area contributed by atoms with Crippen LogP contribution in [0.15, 0.2) is 97.5 Å². The van der Waals surface area contributed by atoms with Gasteiger partial charge in [-0.05, 0) is 27.5 Å². The van der Waals surface area contributed by atoms with E-state index in [1.54, 1.807) is 16.9 Å². The van der Waals surface area contributed by atoms with E-state index in [9.17, 15) is 4.79 Å². The highest BCUT2D eigenvalue weighted by atomic mass is 35.5. The SMILES string of the molecule is COC(=O)C(COCCO[Si](c1ccccc1)(c1ccccc1)C(C)(C)C)Oc1ncnc2c1cnn2-c1ccccc1Cl. The van der Waals surface area contributed by atoms with Gasteiger partial charge in [-0.25, -0.2) is 19.4 Å². The Morgan fingerprint density at radius 1 is 0.909 bits per heavy atom. The third kappa shape index (κ3) is 6.39. The fourth-order valence-electron chi connectivity index (χ4n) is 5.34. The van der Waals surface area contributed by atoms with E-state index >= 15 is 0 Å². The molecule has 0 aliphatic rings. The molecule has 9 nitrogen and oxygen atoms in total. The van der Waals surface area contributed by atoms with Crippen LogP contribution in [0.25, 0.3) is 16.7 Å². The molecule has 44 heavy (non-hydrogen) atoms. The third-order valence-electron chi connectivity index (χ3n) is 7.36. The first-order chi connectivity index (χ1) is 21.3. The molecule has 0 aliphatic heterocycles. The first-order valence-electron chi connectivity index (χ1n) is 14.3. The molecule has 1 unspecified atom stereocenters. The van der Waals surface area contributed by atoms with Gasteiger partial charge in [-0.15, -0.1) is 0 Å². The van der Waals surface area contributed by atoms with Crippen LogP contribution in [0.2, 0.25) is 10.1 Å². The summed E-state index contributed by atoms with van der Waals surface area (Å²) in [5.41, 5.74) is 1.13. The van der Waals surface area contributed by atoms with Gasteiger partial charge in [-0.1, -0.05) is 105 Å². The first kappa shape index (κ1) is 31.3. The van der Waals surface area contributed by atoms with Gasteiger partial charge in [0.1, 0.15) is 11.7 Å². The van der Waals surface area contributed by atoms with Gasteiger partial charge in [-0.3, -0.25) is 0 Å². The number of halogens is 1. The monoisotopic (exact) mass is 630 g/mol. The summed E-state index contributed by atoms with van der Waals surface area (Å²) in [5.74, 6) is -0.418. The number of hydrogen-bond donors (Lipinski definition) is 0. The molecule has 0 spiro atoms. The zero-order chi connectivity index (χ0) is 31.2. The molecule has 0 saturated carbocycles. The van der Waals surface area contributed by atoms with Crippen molar-refractivity contribution in [2.24, 2.45) is 0 Å². The molecular weight excluding hydrogens is 596 g/mol. The van der Waals surface area contributed by atoms with Crippen molar-refractivity contribution in [3.05, 3.63) is 102 Å². The van der Waals surface area contributed by atoms with Crippen LogP contribution in [0.4, 0.5) is 0 Å². The summed E-state index contributed by atoms with van der Waals surface area (Å²) in [7, 11) is -1.41. The minimum atomic E-state index is -2.72. The zero-order valence-corrected chi connectivity index (χ0v) is 26.9. The summed E-state index contributed by atoms with van der Waals surface area (Å²) in [4.78, 5) is 21.3. The number of benzene rings is 3. The highest BCUT2D eigenvalue weighted by molar-refractivity contribution is 6.99. The molecule has 11 heteroatoms. The van der Waals surface area contributed by atoms with Crippen LogP contribution < -0.4 is 15.1 Å². The van der Waals surface area contributed by atoms with Crippen molar-refractivity contribution in [3.63, 3.8) is 0 Å². The summed E-state index contributed by atoms with van der Waals surface area (Å²) in [6.07, 6.45) is 1.84. The number of rotatable bonds is 12. The molecule has 5 rings (SSSR count). The van der Waals surface area contributed by atoms with Crippen molar-refractivity contribution in [1.82, 2.24) is 19.7 Å². The lowest BCUT2D eigenvalue weighted by atomic mass is 10.2. The number of fused-ring (bicyclic) bond motifs is 1. The van der Waals surface area contributed by atoms with Crippen molar-refractivity contribution in [3.8, 4) is 11.6 Å². The molecule has 2 aromatic heterocycles. The van der Waals surface area contributed by atoms with E-state index in [4.69, 9.17) is 30.2 Å². The average Bonchev–Trinajstić information content (AvgIpc) is 3.47. The number of carbonyl (C=O) groups is 1. The number of para-hydroxylation sites is 1. The Morgan fingerprint density at radius 3 is 2.16 bits per heavy atom. The predicted molar refractivity (Wildman–Crippen MR) is 172 cm³/mol. The van der Waals surface area contributed by atoms with Crippen LogP contribution in [0, 0.1) is 0 Å². The Bertz CT molecular complexity index is 1660. The van der Waals surface area contributed by atoms with Crippen molar-refractivity contribution in [2.75, 3.05) is 26.9 Å². The maximum absolute atomic E-state index is 12.7. The summed E-state index contributed by atoms with van der Waals surface area (Å²) in [6.45, 7) is 7.15. The van der Waals surface area contributed by atoms with Crippen molar-refractivity contribution in [1.29, 1.82) is 0 Å². The second-order valence-corrected chi connectivity index (χ2v) is 15.9. The molecule has 0 fully saturated rings. The van der Waals surface area contributed by atoms with Gasteiger partial charge in [0.15, 0.2) is 5.65 Å². The van der Waals surface area contributed by atoms with E-state index < -0.39 is 20.4 Å². The van der Waals surface area contributed by atoms with Crippen LogP contribution in [-0.2, 0) is 18.7 Å². The van der Waals surface area contributed by atoms with E-state index in [1.165, 1.54) is 23.8 Å². The minimum Gasteiger partial charge on any atom is -0.466 e. The normalized spacial score (nSPS) is 12.7. The van der Waals surface area contributed by atoms with Gasteiger partial charge >= 0.3 is 5.97 Å². The summed E-state index contributed by atoms with van der Waals surface area (Å²) < 4.78 is 25.5. The van der Waals surface area contributed by atoms with E-state index in [-0.39, 0.29) is 24.1 Å². The van der Waals surface area contributed by atoms with Crippen molar-refractivity contribution < 1.29 is 23.4 Å². The summed E-state index contributed by atoms with van der Waals surface area (Å²) >= 11 is 6.38. The van der Waals surface area contributed by atoms with Crippen LogP contribution in [0.3, 0.4) is 0 Å². The highest BCUT2D eigenvalue weighted by Gasteiger charge is 2.50. The number of methoxy groups -OCH3 is 1. The van der Waals surface area contributed by atoms with Gasteiger partial charge in [0.05, 0.1) is 43.8 Å². The van der Waals surface area contributed by atoms with Gasteiger partial charge in [0, 0.05) is 0 Å². The van der Waals surface area contributed by atoms with Crippen LogP contribution in [-0.4, -0.2) is 67.1 Å². The molecule has 0 amide bonds. The number of hydrogen-bond acceptors (Lipinski definition) is 8. The topological polar surface area (TPSA) is 97.6 Å². The molecule has 3 aromatic carbocycles. The van der Waals surface area contributed by atoms with Crippen molar-refractivity contribution >= 4 is 47.3 Å². The van der Waals surface area contributed by atoms with Crippen molar-refractivity contribution in [2.45, 2.75) is 31.9 Å². The van der Waals surface area contributed by atoms with Gasteiger partial charge < -0.3 is 18.6 Å². The molecule has 5 aromatic rings. The maximum Gasteiger partial charge on any atom is 0.349 e. The lowest BCUT2D eigenvalue weighted by molar-refractivity contribution is -0.152. The number of esters is 1. The average molecular weight is 631 g/mol. The Hall–Kier alpha value is -4.09. The number of nitrogens with zero attached hydrogens (tertiary/aromatic N) is 4. The minimum absolute atomic E-state index is 0.0685. The molecule has 228 valence electrons. The number of ether oxygens (including phenoxy) is 3. The molecule has 0 radical (unpaired) electrons. The van der Waals surface area contributed by atoms with E-state index in [0.717, 1.165) is 0 Å². The Labute approximate surface area is 262 Å². The Morgan fingerprint density at radius 2 is 1.55 bits per heavy atom. The zero-order valence-electron chi connectivity index (χ0n) is 25.1. The van der Waals surface area contributed by atoms with Gasteiger partial charge in [0.25, 0.3) is 8.32 Å². The maximum atomic E-state index is 12.7. The van der Waals surface area contributed by atoms with Gasteiger partial charge in [-0.2, -0.15) is 5.10 Å². The Balaban J connectivity index is 1.31. The van der Waals surface area contributed by atoms with Gasteiger partial charge in [0.2, 0.25) is 12.0 Å². The fraction of sp³-hybridized carbons (Fsp3) is 0.273. The standard InChI is InChI=1S/C33H35ClN4O5Si/c1-33(2,3)44(24-13-7-5-8-14-24,25-15-9-6-10-16-25)42-20-19-41-22-29(32(39)40-4)43-31-26-21-37-38(30(26)35-23-36-31)28-18-12-11-17-27(28)34/h5-18,21,23,29H,19-20,22H2,1-4H3. The lowest BCUT2D eigenvalue weighted by Gasteiger charge is -2.43. The number of aromatic nitrogens is 4. The lowest BCUT2D eigenvalue weighted by Crippen LogP contribution is -2.66. The smallest absolute Gasteiger partial charge is 0.349 e. The molecule has 0 aliphatic carbocycles. The van der Waals surface area contributed by atoms with Crippen LogP contribution in [0.5, 0.6) is 5.88 Å². The molecule has 0 bridgehead atoms. The van der Waals surface area contributed by atoms with E-state index in [2.05, 4.69) is 60.1 Å². The fourth-order valence-corrected chi connectivity index (χ4v) is 10.1.